The van der Waals surface area contributed by atoms with Crippen LogP contribution in [0, 0.1) is 0 Å². The van der Waals surface area contributed by atoms with Crippen molar-refractivity contribution in [3.05, 3.63) is 59.7 Å². The molecular weight excluding hydrogens is 304 g/mol. The van der Waals surface area contributed by atoms with Crippen LogP contribution in [0.5, 0.6) is 0 Å². The molecule has 4 heteroatoms. The summed E-state index contributed by atoms with van der Waals surface area (Å²) >= 11 is 0. The van der Waals surface area contributed by atoms with Crippen LogP contribution in [0.15, 0.2) is 48.5 Å². The Morgan fingerprint density at radius 3 is 1.96 bits per heavy atom. The van der Waals surface area contributed by atoms with Gasteiger partial charge >= 0.3 is 5.97 Å². The van der Waals surface area contributed by atoms with Crippen LogP contribution in [0.3, 0.4) is 0 Å². The fourth-order valence-corrected chi connectivity index (χ4v) is 3.68. The molecule has 1 fully saturated rings. The Labute approximate surface area is 141 Å². The van der Waals surface area contributed by atoms with Crippen molar-refractivity contribution < 1.29 is 19.4 Å². The van der Waals surface area contributed by atoms with Gasteiger partial charge in [0.15, 0.2) is 6.29 Å². The lowest BCUT2D eigenvalue weighted by molar-refractivity contribution is -0.137. The van der Waals surface area contributed by atoms with Gasteiger partial charge in [0.05, 0.1) is 0 Å². The van der Waals surface area contributed by atoms with Crippen LogP contribution in [0.4, 0.5) is 0 Å². The Kier molecular flexibility index (Phi) is 4.08. The van der Waals surface area contributed by atoms with E-state index >= 15 is 0 Å². The van der Waals surface area contributed by atoms with E-state index in [1.54, 1.807) is 0 Å². The molecule has 0 aromatic heterocycles. The molecule has 0 spiro atoms. The number of carbonyl (C=O) groups is 1. The molecule has 0 radical (unpaired) electrons. The Morgan fingerprint density at radius 2 is 1.42 bits per heavy atom. The molecule has 0 saturated carbocycles. The molecule has 1 heterocycles. The molecule has 1 saturated heterocycles. The van der Waals surface area contributed by atoms with Crippen LogP contribution in [-0.2, 0) is 14.3 Å². The molecule has 0 bridgehead atoms. The molecule has 2 aromatic rings. The largest absolute Gasteiger partial charge is 0.481 e. The lowest BCUT2D eigenvalue weighted by atomic mass is 9.82. The first kappa shape index (κ1) is 15.4. The van der Waals surface area contributed by atoms with Gasteiger partial charge in [-0.05, 0) is 41.5 Å². The van der Waals surface area contributed by atoms with Crippen LogP contribution in [0.1, 0.15) is 49.0 Å². The highest BCUT2D eigenvalue weighted by atomic mass is 16.7. The zero-order valence-corrected chi connectivity index (χ0v) is 13.4. The summed E-state index contributed by atoms with van der Waals surface area (Å²) in [6.45, 7) is 0. The number of rotatable bonds is 5. The van der Waals surface area contributed by atoms with Crippen molar-refractivity contribution in [2.24, 2.45) is 0 Å². The third-order valence-electron chi connectivity index (χ3n) is 4.78. The summed E-state index contributed by atoms with van der Waals surface area (Å²) in [5, 5.41) is 8.73. The molecule has 2 aliphatic rings. The second-order valence-corrected chi connectivity index (χ2v) is 6.36. The van der Waals surface area contributed by atoms with E-state index in [1.807, 2.05) is 12.1 Å². The van der Waals surface area contributed by atoms with E-state index in [0.29, 0.717) is 6.42 Å². The second-order valence-electron chi connectivity index (χ2n) is 6.36. The van der Waals surface area contributed by atoms with E-state index in [-0.39, 0.29) is 24.9 Å². The van der Waals surface area contributed by atoms with E-state index in [4.69, 9.17) is 14.6 Å². The predicted octanol–water partition coefficient (Wildman–Crippen LogP) is 4.47. The third kappa shape index (κ3) is 2.72. The van der Waals surface area contributed by atoms with Crippen molar-refractivity contribution in [2.75, 3.05) is 0 Å². The topological polar surface area (TPSA) is 55.8 Å². The van der Waals surface area contributed by atoms with Crippen molar-refractivity contribution in [1.82, 2.24) is 0 Å². The van der Waals surface area contributed by atoms with Gasteiger partial charge in [-0.15, -0.1) is 0 Å². The van der Waals surface area contributed by atoms with Crippen LogP contribution < -0.4 is 0 Å². The first-order chi connectivity index (χ1) is 11.7. The lowest BCUT2D eigenvalue weighted by Gasteiger charge is -2.28. The molecule has 24 heavy (non-hydrogen) atoms. The maximum absolute atomic E-state index is 10.6. The van der Waals surface area contributed by atoms with Gasteiger partial charge in [-0.1, -0.05) is 48.5 Å². The quantitative estimate of drug-likeness (QED) is 0.825. The van der Waals surface area contributed by atoms with Crippen LogP contribution >= 0.6 is 0 Å². The molecule has 4 rings (SSSR count). The average molecular weight is 324 g/mol. The molecule has 124 valence electrons. The molecule has 1 aliphatic heterocycles. The fraction of sp³-hybridized carbons (Fsp3) is 0.350. The van der Waals surface area contributed by atoms with Crippen LogP contribution in [0.25, 0.3) is 11.1 Å². The van der Waals surface area contributed by atoms with Gasteiger partial charge in [0.25, 0.3) is 0 Å². The Bertz CT molecular complexity index is 701. The molecule has 1 aliphatic carbocycles. The number of benzene rings is 2. The highest BCUT2D eigenvalue weighted by Crippen LogP contribution is 2.52. The summed E-state index contributed by atoms with van der Waals surface area (Å²) < 4.78 is 12.4. The molecule has 4 nitrogen and oxygen atoms in total. The summed E-state index contributed by atoms with van der Waals surface area (Å²) in [7, 11) is 0. The van der Waals surface area contributed by atoms with Crippen molar-refractivity contribution in [1.29, 1.82) is 0 Å². The highest BCUT2D eigenvalue weighted by Gasteiger charge is 2.42. The van der Waals surface area contributed by atoms with Gasteiger partial charge in [0.2, 0.25) is 0 Å². The molecule has 2 aromatic carbocycles. The van der Waals surface area contributed by atoms with Crippen LogP contribution in [-0.4, -0.2) is 17.4 Å². The molecule has 2 unspecified atom stereocenters. The number of carboxylic acids is 1. The summed E-state index contributed by atoms with van der Waals surface area (Å²) in [5.41, 5.74) is 4.78. The maximum atomic E-state index is 10.6. The van der Waals surface area contributed by atoms with Crippen molar-refractivity contribution in [3.8, 4) is 11.1 Å². The van der Waals surface area contributed by atoms with Crippen molar-refractivity contribution in [2.45, 2.75) is 44.2 Å². The zero-order chi connectivity index (χ0) is 16.5. The van der Waals surface area contributed by atoms with Gasteiger partial charge in [0, 0.05) is 6.42 Å². The summed E-state index contributed by atoms with van der Waals surface area (Å²) in [4.78, 5) is 10.6. The van der Waals surface area contributed by atoms with E-state index < -0.39 is 5.97 Å². The molecular formula is C20H20O4. The Hall–Kier alpha value is -2.17. The number of hydrogen-bond acceptors (Lipinski definition) is 3. The molecule has 0 amide bonds. The number of ether oxygens (including phenoxy) is 2. The van der Waals surface area contributed by atoms with Crippen molar-refractivity contribution in [3.63, 3.8) is 0 Å². The summed E-state index contributed by atoms with van der Waals surface area (Å²) in [5.74, 6) is -0.750. The van der Waals surface area contributed by atoms with E-state index in [9.17, 15) is 4.79 Å². The normalized spacial score (nSPS) is 24.1. The van der Waals surface area contributed by atoms with E-state index in [0.717, 1.165) is 12.8 Å². The standard InChI is InChI=1S/C20H20O4/c21-17(22)11-5-6-12-18-23-19-15-9-3-1-7-13(15)14-8-2-4-10-16(14)20(19)24-18/h1-4,7-10,18-20H,5-6,11-12H2,(H,21,22). The molecule has 2 atom stereocenters. The van der Waals surface area contributed by atoms with Crippen LogP contribution in [0.2, 0.25) is 0 Å². The fourth-order valence-electron chi connectivity index (χ4n) is 3.68. The minimum atomic E-state index is -0.750. The number of fused-ring (bicyclic) bond motifs is 6. The van der Waals surface area contributed by atoms with E-state index in [2.05, 4.69) is 36.4 Å². The third-order valence-corrected chi connectivity index (χ3v) is 4.78. The monoisotopic (exact) mass is 324 g/mol. The first-order valence-electron chi connectivity index (χ1n) is 8.45. The van der Waals surface area contributed by atoms with Gasteiger partial charge in [-0.3, -0.25) is 4.79 Å². The minimum Gasteiger partial charge on any atom is -0.481 e. The lowest BCUT2D eigenvalue weighted by Crippen LogP contribution is -2.14. The maximum Gasteiger partial charge on any atom is 0.303 e. The minimum absolute atomic E-state index is 0.0828. The van der Waals surface area contributed by atoms with Gasteiger partial charge in [-0.2, -0.15) is 0 Å². The second kappa shape index (κ2) is 6.38. The smallest absolute Gasteiger partial charge is 0.303 e. The first-order valence-corrected chi connectivity index (χ1v) is 8.45. The Morgan fingerprint density at radius 1 is 0.875 bits per heavy atom. The SMILES string of the molecule is O=C(O)CCCCC1OC2c3ccccc3-c3ccccc3C2O1. The summed E-state index contributed by atoms with van der Waals surface area (Å²) in [6.07, 6.45) is 1.94. The zero-order valence-electron chi connectivity index (χ0n) is 13.4. The number of carboxylic acid groups (broad SMARTS) is 1. The van der Waals surface area contributed by atoms with Crippen molar-refractivity contribution >= 4 is 5.97 Å². The number of aliphatic carboxylic acids is 1. The molecule has 1 N–H and O–H groups in total. The predicted molar refractivity (Wildman–Crippen MR) is 89.4 cm³/mol. The number of unbranched alkanes of at least 4 members (excludes halogenated alkanes) is 1. The highest BCUT2D eigenvalue weighted by molar-refractivity contribution is 5.74. The van der Waals surface area contributed by atoms with E-state index in [1.165, 1.54) is 22.3 Å². The summed E-state index contributed by atoms with van der Waals surface area (Å²) in [6, 6.07) is 16.7. The number of hydrogen-bond donors (Lipinski definition) is 1. The van der Waals surface area contributed by atoms with Gasteiger partial charge in [0.1, 0.15) is 12.2 Å². The Balaban J connectivity index is 1.55. The van der Waals surface area contributed by atoms with Gasteiger partial charge < -0.3 is 14.6 Å². The van der Waals surface area contributed by atoms with Gasteiger partial charge in [-0.25, -0.2) is 0 Å². The average Bonchev–Trinajstić information content (AvgIpc) is 3.03.